The van der Waals surface area contributed by atoms with Gasteiger partial charge in [-0.25, -0.2) is 0 Å². The van der Waals surface area contributed by atoms with Gasteiger partial charge < -0.3 is 46.9 Å². The van der Waals surface area contributed by atoms with E-state index in [0.717, 1.165) is 17.7 Å². The van der Waals surface area contributed by atoms with Crippen molar-refractivity contribution in [3.05, 3.63) is 125 Å². The molecule has 8 N–H and O–H groups in total. The van der Waals surface area contributed by atoms with Crippen LogP contribution in [0, 0.1) is 0 Å². The van der Waals surface area contributed by atoms with Crippen LogP contribution in [0.4, 0.5) is 13.2 Å². The molecule has 1 aliphatic rings. The van der Waals surface area contributed by atoms with Gasteiger partial charge in [0.25, 0.3) is 0 Å². The summed E-state index contributed by atoms with van der Waals surface area (Å²) in [6, 6.07) is 22.0. The number of alkyl halides is 3. The summed E-state index contributed by atoms with van der Waals surface area (Å²) in [5.41, 5.74) is 13.1. The van der Waals surface area contributed by atoms with Crippen LogP contribution >= 0.6 is 0 Å². The Morgan fingerprint density at radius 1 is 0.667 bits per heavy atom. The first-order valence-electron chi connectivity index (χ1n) is 19.8. The molecule has 13 nitrogen and oxygen atoms in total. The number of benzene rings is 4. The van der Waals surface area contributed by atoms with Crippen LogP contribution < -0.4 is 46.9 Å². The van der Waals surface area contributed by atoms with E-state index >= 15 is 0 Å². The van der Waals surface area contributed by atoms with Crippen molar-refractivity contribution in [1.29, 1.82) is 0 Å². The molecule has 0 aliphatic carbocycles. The summed E-state index contributed by atoms with van der Waals surface area (Å²) >= 11 is 0. The van der Waals surface area contributed by atoms with Gasteiger partial charge in [-0.1, -0.05) is 60.7 Å². The van der Waals surface area contributed by atoms with Gasteiger partial charge in [-0.15, -0.1) is 0 Å². The zero-order valence-electron chi connectivity index (χ0n) is 33.1. The van der Waals surface area contributed by atoms with E-state index in [1.54, 1.807) is 42.5 Å². The lowest BCUT2D eigenvalue weighted by atomic mass is 10.0. The van der Waals surface area contributed by atoms with Crippen LogP contribution in [0.2, 0.25) is 0 Å². The van der Waals surface area contributed by atoms with Crippen LogP contribution in [-0.2, 0) is 44.9 Å². The number of amides is 4. The van der Waals surface area contributed by atoms with E-state index in [0.29, 0.717) is 79.1 Å². The molecule has 5 rings (SSSR count). The van der Waals surface area contributed by atoms with Gasteiger partial charge in [0.15, 0.2) is 11.5 Å². The minimum absolute atomic E-state index is 0.0161. The lowest BCUT2D eigenvalue weighted by molar-refractivity contribution is -0.137. The molecular weight excluding hydrogens is 782 g/mol. The van der Waals surface area contributed by atoms with Crippen LogP contribution in [0.15, 0.2) is 97.1 Å². The van der Waals surface area contributed by atoms with Crippen LogP contribution in [0.3, 0.4) is 0 Å². The number of rotatable bonds is 22. The monoisotopic (exact) mass is 832 g/mol. The Balaban J connectivity index is 1.32. The second-order valence-corrected chi connectivity index (χ2v) is 14.3. The van der Waals surface area contributed by atoms with Crippen molar-refractivity contribution in [3.63, 3.8) is 0 Å². The number of fused-ring (bicyclic) bond motifs is 1. The molecule has 1 heterocycles. The average molecular weight is 833 g/mol. The topological polar surface area (TPSA) is 196 Å². The molecule has 0 unspecified atom stereocenters. The first kappa shape index (κ1) is 45.0. The molecule has 16 heteroatoms. The highest BCUT2D eigenvalue weighted by molar-refractivity contribution is 5.94. The number of ether oxygens (including phenoxy) is 3. The summed E-state index contributed by atoms with van der Waals surface area (Å²) in [5.74, 6) is -0.625. The predicted molar refractivity (Wildman–Crippen MR) is 217 cm³/mol. The number of halogens is 3. The summed E-state index contributed by atoms with van der Waals surface area (Å²) in [7, 11) is 0. The van der Waals surface area contributed by atoms with E-state index < -0.39 is 47.6 Å². The third kappa shape index (κ3) is 13.7. The Morgan fingerprint density at radius 2 is 1.28 bits per heavy atom. The number of hydrogen-bond donors (Lipinski definition) is 6. The fourth-order valence-corrected chi connectivity index (χ4v) is 6.42. The van der Waals surface area contributed by atoms with Crippen molar-refractivity contribution in [2.24, 2.45) is 11.5 Å². The van der Waals surface area contributed by atoms with Crippen LogP contribution in [0.5, 0.6) is 17.2 Å². The Kier molecular flexibility index (Phi) is 16.7. The van der Waals surface area contributed by atoms with E-state index in [-0.39, 0.29) is 38.7 Å². The summed E-state index contributed by atoms with van der Waals surface area (Å²) in [6.45, 7) is 0.914. The Morgan fingerprint density at radius 3 is 1.93 bits per heavy atom. The van der Waals surface area contributed by atoms with Crippen LogP contribution in [0.1, 0.15) is 72.4 Å². The number of unbranched alkanes of at least 4 members (excludes halogenated alkanes) is 2. The molecule has 0 saturated heterocycles. The van der Waals surface area contributed by atoms with Crippen molar-refractivity contribution in [2.45, 2.75) is 82.4 Å². The molecule has 0 aromatic heterocycles. The van der Waals surface area contributed by atoms with Gasteiger partial charge in [-0.3, -0.25) is 19.2 Å². The van der Waals surface area contributed by atoms with Gasteiger partial charge in [0, 0.05) is 6.54 Å². The van der Waals surface area contributed by atoms with Gasteiger partial charge >= 0.3 is 6.18 Å². The molecule has 0 radical (unpaired) electrons. The Labute approximate surface area is 346 Å². The average Bonchev–Trinajstić information content (AvgIpc) is 3.72. The van der Waals surface area contributed by atoms with Gasteiger partial charge in [0.2, 0.25) is 30.4 Å². The fourth-order valence-electron chi connectivity index (χ4n) is 6.42. The second-order valence-electron chi connectivity index (χ2n) is 14.3. The number of nitrogens with one attached hydrogen (secondary N) is 4. The minimum Gasteiger partial charge on any atom is -0.489 e. The van der Waals surface area contributed by atoms with Crippen LogP contribution in [0.25, 0.3) is 0 Å². The van der Waals surface area contributed by atoms with Crippen molar-refractivity contribution in [2.75, 3.05) is 19.9 Å². The van der Waals surface area contributed by atoms with E-state index in [9.17, 15) is 32.3 Å². The Hall–Kier alpha value is -6.13. The molecule has 3 atom stereocenters. The number of nitrogens with two attached hydrogens (primary N) is 2. The fraction of sp³-hybridized carbons (Fsp3) is 0.364. The third-order valence-corrected chi connectivity index (χ3v) is 9.74. The number of carbonyl (C=O) groups excluding carboxylic acids is 4. The van der Waals surface area contributed by atoms with E-state index in [2.05, 4.69) is 21.3 Å². The third-order valence-electron chi connectivity index (χ3n) is 9.74. The normalized spacial score (nSPS) is 13.4. The highest BCUT2D eigenvalue weighted by Gasteiger charge is 2.31. The minimum atomic E-state index is -4.46. The predicted octanol–water partition coefficient (Wildman–Crippen LogP) is 4.96. The van der Waals surface area contributed by atoms with E-state index in [4.69, 9.17) is 25.7 Å². The summed E-state index contributed by atoms with van der Waals surface area (Å²) in [4.78, 5) is 55.0. The van der Waals surface area contributed by atoms with Crippen molar-refractivity contribution in [3.8, 4) is 17.2 Å². The van der Waals surface area contributed by atoms with Gasteiger partial charge in [0.1, 0.15) is 30.5 Å². The molecular formula is C44H51F3N6O7. The van der Waals surface area contributed by atoms with E-state index in [1.807, 2.05) is 30.3 Å². The first-order chi connectivity index (χ1) is 28.9. The van der Waals surface area contributed by atoms with Gasteiger partial charge in [-0.2, -0.15) is 13.2 Å². The number of hydrogen-bond acceptors (Lipinski definition) is 9. The van der Waals surface area contributed by atoms with Crippen LogP contribution in [-0.4, -0.2) is 55.6 Å². The molecule has 60 heavy (non-hydrogen) atoms. The maximum absolute atomic E-state index is 14.2. The summed E-state index contributed by atoms with van der Waals surface area (Å²) < 4.78 is 55.7. The van der Waals surface area contributed by atoms with Gasteiger partial charge in [0.05, 0.1) is 12.0 Å². The van der Waals surface area contributed by atoms with Crippen molar-refractivity contribution >= 4 is 23.6 Å². The molecule has 0 fully saturated rings. The van der Waals surface area contributed by atoms with Gasteiger partial charge in [-0.05, 0) is 110 Å². The molecule has 1 aliphatic heterocycles. The second kappa shape index (κ2) is 22.3. The SMILES string of the molecule is NCCCC[C@H](NC(=O)Cc1ccccc1)C(=O)N[C@@H](CCCCN)C(=O)N[C@H](C(=O)NCc1ccc2c(c1)OCO2)c1ccc(OCc2ccc(C(F)(F)F)cc2)cc1. The maximum atomic E-state index is 14.2. The lowest BCUT2D eigenvalue weighted by Crippen LogP contribution is -2.55. The smallest absolute Gasteiger partial charge is 0.416 e. The van der Waals surface area contributed by atoms with Crippen molar-refractivity contribution < 1.29 is 46.6 Å². The summed E-state index contributed by atoms with van der Waals surface area (Å²) in [5, 5.41) is 11.3. The van der Waals surface area contributed by atoms with E-state index in [1.165, 1.54) is 12.1 Å². The lowest BCUT2D eigenvalue weighted by Gasteiger charge is -2.26. The molecule has 320 valence electrons. The largest absolute Gasteiger partial charge is 0.489 e. The first-order valence-corrected chi connectivity index (χ1v) is 19.8. The molecule has 4 amide bonds. The quantitative estimate of drug-likeness (QED) is 0.0594. The highest BCUT2D eigenvalue weighted by atomic mass is 19.4. The molecule has 4 aromatic carbocycles. The molecule has 0 saturated carbocycles. The maximum Gasteiger partial charge on any atom is 0.416 e. The molecule has 0 spiro atoms. The standard InChI is InChI=1S/C44H51F3N6O7/c45-44(46,47)33-17-12-30(13-18-33)27-58-34-19-15-32(16-20-34)40(43(57)50-26-31-14-21-37-38(24-31)60-28-59-37)53-42(56)36(11-5-7-23-49)52-41(55)35(10-4-6-22-48)51-39(54)25-29-8-2-1-3-9-29/h1-3,8-9,12-21,24,35-36,40H,4-7,10-11,22-23,25-28,48-49H2,(H,50,57)(H,51,54)(H,52,55)(H,53,56)/t35-,36-,40-/m0/s1. The highest BCUT2D eigenvalue weighted by Crippen LogP contribution is 2.33. The zero-order valence-corrected chi connectivity index (χ0v) is 33.1. The number of carbonyl (C=O) groups is 4. The summed E-state index contributed by atoms with van der Waals surface area (Å²) in [6.07, 6.45) is -1.67. The molecule has 0 bridgehead atoms. The molecule has 4 aromatic rings. The van der Waals surface area contributed by atoms with Crippen molar-refractivity contribution in [1.82, 2.24) is 21.3 Å². The Bertz CT molecular complexity index is 2020. The zero-order chi connectivity index (χ0) is 42.9.